The van der Waals surface area contributed by atoms with Gasteiger partial charge in [-0.05, 0) is 53.9 Å². The lowest BCUT2D eigenvalue weighted by Gasteiger charge is -2.08. The third kappa shape index (κ3) is 4.80. The van der Waals surface area contributed by atoms with Gasteiger partial charge in [0.2, 0.25) is 5.91 Å². The predicted molar refractivity (Wildman–Crippen MR) is 116 cm³/mol. The van der Waals surface area contributed by atoms with E-state index >= 15 is 0 Å². The fourth-order valence-electron chi connectivity index (χ4n) is 3.51. The van der Waals surface area contributed by atoms with Crippen molar-refractivity contribution in [3.63, 3.8) is 0 Å². The van der Waals surface area contributed by atoms with Crippen LogP contribution in [0.3, 0.4) is 0 Å². The number of carbonyl (C=O) groups is 2. The van der Waals surface area contributed by atoms with Gasteiger partial charge >= 0.3 is 0 Å². The highest BCUT2D eigenvalue weighted by Crippen LogP contribution is 2.31. The Kier molecular flexibility index (Phi) is 6.07. The number of rotatable bonds is 8. The molecule has 0 saturated carbocycles. The van der Waals surface area contributed by atoms with E-state index in [9.17, 15) is 14.0 Å². The SMILES string of the molecule is O=C(CCc1c(-c2ccc(F)cc2)[nH]c2ccccc12)NCCNC(=O)c1ccn[nH]1. The minimum absolute atomic E-state index is 0.105. The number of aromatic nitrogens is 3. The van der Waals surface area contributed by atoms with Gasteiger partial charge in [0, 0.05) is 42.3 Å². The molecule has 31 heavy (non-hydrogen) atoms. The van der Waals surface area contributed by atoms with Gasteiger partial charge < -0.3 is 15.6 Å². The van der Waals surface area contributed by atoms with E-state index in [1.54, 1.807) is 18.2 Å². The topological polar surface area (TPSA) is 103 Å². The Morgan fingerprint density at radius 1 is 0.968 bits per heavy atom. The van der Waals surface area contributed by atoms with Crippen molar-refractivity contribution in [2.75, 3.05) is 13.1 Å². The van der Waals surface area contributed by atoms with Gasteiger partial charge in [-0.15, -0.1) is 0 Å². The lowest BCUT2D eigenvalue weighted by atomic mass is 10.0. The average molecular weight is 419 g/mol. The van der Waals surface area contributed by atoms with Gasteiger partial charge in [0.15, 0.2) is 0 Å². The fourth-order valence-corrected chi connectivity index (χ4v) is 3.51. The molecular weight excluding hydrogens is 397 g/mol. The van der Waals surface area contributed by atoms with E-state index in [4.69, 9.17) is 0 Å². The number of nitrogens with one attached hydrogen (secondary N) is 4. The summed E-state index contributed by atoms with van der Waals surface area (Å²) in [7, 11) is 0. The van der Waals surface area contributed by atoms with Crippen molar-refractivity contribution in [1.29, 1.82) is 0 Å². The molecule has 0 radical (unpaired) electrons. The molecule has 7 nitrogen and oxygen atoms in total. The number of H-pyrrole nitrogens is 2. The van der Waals surface area contributed by atoms with E-state index < -0.39 is 0 Å². The zero-order chi connectivity index (χ0) is 21.6. The number of para-hydroxylation sites is 1. The van der Waals surface area contributed by atoms with Crippen LogP contribution in [0, 0.1) is 5.82 Å². The van der Waals surface area contributed by atoms with Crippen LogP contribution in [0.5, 0.6) is 0 Å². The highest BCUT2D eigenvalue weighted by molar-refractivity contribution is 5.92. The molecule has 158 valence electrons. The maximum absolute atomic E-state index is 13.3. The van der Waals surface area contributed by atoms with Crippen molar-refractivity contribution < 1.29 is 14.0 Å². The maximum Gasteiger partial charge on any atom is 0.269 e. The number of hydrogen-bond donors (Lipinski definition) is 4. The largest absolute Gasteiger partial charge is 0.354 e. The average Bonchev–Trinajstić information content (AvgIpc) is 3.44. The van der Waals surface area contributed by atoms with Gasteiger partial charge in [0.1, 0.15) is 11.5 Å². The van der Waals surface area contributed by atoms with Crippen LogP contribution in [0.25, 0.3) is 22.2 Å². The number of aryl methyl sites for hydroxylation is 1. The Balaban J connectivity index is 1.37. The minimum atomic E-state index is -0.291. The molecule has 0 unspecified atom stereocenters. The normalized spacial score (nSPS) is 10.9. The summed E-state index contributed by atoms with van der Waals surface area (Å²) in [6.07, 6.45) is 2.33. The lowest BCUT2D eigenvalue weighted by Crippen LogP contribution is -2.34. The van der Waals surface area contributed by atoms with E-state index in [1.165, 1.54) is 18.3 Å². The molecule has 0 aliphatic rings. The zero-order valence-corrected chi connectivity index (χ0v) is 16.7. The number of hydrogen-bond acceptors (Lipinski definition) is 3. The predicted octanol–water partition coefficient (Wildman–Crippen LogP) is 3.18. The summed E-state index contributed by atoms with van der Waals surface area (Å²) in [5, 5.41) is 12.9. The molecular formula is C23H22FN5O2. The van der Waals surface area contributed by atoms with Crippen LogP contribution < -0.4 is 10.6 Å². The molecule has 4 rings (SSSR count). The second-order valence-corrected chi connectivity index (χ2v) is 7.11. The van der Waals surface area contributed by atoms with Crippen LogP contribution in [0.15, 0.2) is 60.8 Å². The molecule has 0 aliphatic heterocycles. The monoisotopic (exact) mass is 419 g/mol. The Hall–Kier alpha value is -3.94. The van der Waals surface area contributed by atoms with Gasteiger partial charge in [-0.3, -0.25) is 14.7 Å². The smallest absolute Gasteiger partial charge is 0.269 e. The van der Waals surface area contributed by atoms with Crippen LogP contribution in [-0.4, -0.2) is 40.1 Å². The van der Waals surface area contributed by atoms with E-state index in [0.717, 1.165) is 27.7 Å². The Morgan fingerprint density at radius 2 is 1.74 bits per heavy atom. The van der Waals surface area contributed by atoms with Crippen molar-refractivity contribution in [2.24, 2.45) is 0 Å². The summed E-state index contributed by atoms with van der Waals surface area (Å²) >= 11 is 0. The summed E-state index contributed by atoms with van der Waals surface area (Å²) in [6.45, 7) is 0.648. The van der Waals surface area contributed by atoms with Gasteiger partial charge in [-0.25, -0.2) is 4.39 Å². The lowest BCUT2D eigenvalue weighted by molar-refractivity contribution is -0.121. The van der Waals surface area contributed by atoms with E-state index in [-0.39, 0.29) is 17.6 Å². The Labute approximate surface area is 178 Å². The highest BCUT2D eigenvalue weighted by atomic mass is 19.1. The first-order chi connectivity index (χ1) is 15.1. The van der Waals surface area contributed by atoms with Crippen molar-refractivity contribution >= 4 is 22.7 Å². The first-order valence-corrected chi connectivity index (χ1v) is 10.0. The fraction of sp³-hybridized carbons (Fsp3) is 0.174. The van der Waals surface area contributed by atoms with E-state index in [2.05, 4.69) is 25.8 Å². The minimum Gasteiger partial charge on any atom is -0.354 e. The summed E-state index contributed by atoms with van der Waals surface area (Å²) < 4.78 is 13.3. The van der Waals surface area contributed by atoms with Crippen LogP contribution in [0.2, 0.25) is 0 Å². The third-order valence-electron chi connectivity index (χ3n) is 5.03. The number of aromatic amines is 2. The van der Waals surface area contributed by atoms with Gasteiger partial charge in [0.25, 0.3) is 5.91 Å². The summed E-state index contributed by atoms with van der Waals surface area (Å²) in [5.74, 6) is -0.666. The summed E-state index contributed by atoms with van der Waals surface area (Å²) in [4.78, 5) is 27.6. The van der Waals surface area contributed by atoms with Gasteiger partial charge in [-0.1, -0.05) is 18.2 Å². The second-order valence-electron chi connectivity index (χ2n) is 7.11. The number of benzene rings is 2. The first-order valence-electron chi connectivity index (χ1n) is 10.0. The highest BCUT2D eigenvalue weighted by Gasteiger charge is 2.14. The number of carbonyl (C=O) groups excluding carboxylic acids is 2. The number of fused-ring (bicyclic) bond motifs is 1. The van der Waals surface area contributed by atoms with Crippen molar-refractivity contribution in [1.82, 2.24) is 25.8 Å². The molecule has 4 aromatic rings. The molecule has 4 N–H and O–H groups in total. The van der Waals surface area contributed by atoms with E-state index in [1.807, 2.05) is 24.3 Å². The molecule has 0 saturated heterocycles. The maximum atomic E-state index is 13.3. The van der Waals surface area contributed by atoms with Crippen molar-refractivity contribution in [3.05, 3.63) is 77.9 Å². The third-order valence-corrected chi connectivity index (χ3v) is 5.03. The van der Waals surface area contributed by atoms with E-state index in [0.29, 0.717) is 31.6 Å². The first kappa shape index (κ1) is 20.3. The molecule has 2 aromatic heterocycles. The molecule has 0 spiro atoms. The zero-order valence-electron chi connectivity index (χ0n) is 16.7. The quantitative estimate of drug-likeness (QED) is 0.330. The van der Waals surface area contributed by atoms with Crippen LogP contribution in [0.4, 0.5) is 4.39 Å². The number of halogens is 1. The molecule has 0 fully saturated rings. The molecule has 2 amide bonds. The molecule has 2 heterocycles. The summed E-state index contributed by atoms with van der Waals surface area (Å²) in [5.41, 5.74) is 4.12. The molecule has 0 atom stereocenters. The van der Waals surface area contributed by atoms with Crippen LogP contribution in [-0.2, 0) is 11.2 Å². The van der Waals surface area contributed by atoms with Gasteiger partial charge in [-0.2, -0.15) is 5.10 Å². The number of amides is 2. The molecule has 0 bridgehead atoms. The standard InChI is InChI=1S/C23H22FN5O2/c24-16-7-5-15(6-8-16)22-18(17-3-1-2-4-19(17)28-22)9-10-21(30)25-13-14-26-23(31)20-11-12-27-29-20/h1-8,11-12,28H,9-10,13-14H2,(H,25,30)(H,26,31)(H,27,29). The van der Waals surface area contributed by atoms with Gasteiger partial charge in [0.05, 0.1) is 0 Å². The van der Waals surface area contributed by atoms with Crippen LogP contribution in [0.1, 0.15) is 22.5 Å². The Morgan fingerprint density at radius 3 is 2.52 bits per heavy atom. The molecule has 2 aromatic carbocycles. The molecule has 0 aliphatic carbocycles. The number of nitrogens with zero attached hydrogens (tertiary/aromatic N) is 1. The Bertz CT molecular complexity index is 1180. The molecule has 8 heteroatoms. The summed E-state index contributed by atoms with van der Waals surface area (Å²) in [6, 6.07) is 15.8. The second kappa shape index (κ2) is 9.25. The van der Waals surface area contributed by atoms with Crippen molar-refractivity contribution in [3.8, 4) is 11.3 Å². The van der Waals surface area contributed by atoms with Crippen LogP contribution >= 0.6 is 0 Å². The van der Waals surface area contributed by atoms with Crippen molar-refractivity contribution in [2.45, 2.75) is 12.8 Å².